The largest absolute Gasteiger partial charge is 0.497 e. The normalized spacial score (nSPS) is 12.1. The van der Waals surface area contributed by atoms with E-state index in [1.165, 1.54) is 48.4 Å². The van der Waals surface area contributed by atoms with Gasteiger partial charge in [-0.1, -0.05) is 43.7 Å². The number of rotatable bonds is 12. The number of halogens is 1. The van der Waals surface area contributed by atoms with Crippen LogP contribution >= 0.6 is 0 Å². The Morgan fingerprint density at radius 2 is 1.62 bits per heavy atom. The Labute approximate surface area is 235 Å². The number of ether oxygens (including phenoxy) is 1. The Balaban J connectivity index is 2.01. The number of hydrogen-bond donors (Lipinski definition) is 1. The summed E-state index contributed by atoms with van der Waals surface area (Å²) in [6.07, 6.45) is 0. The number of methoxy groups -OCH3 is 1. The first-order valence-electron chi connectivity index (χ1n) is 13.0. The molecule has 3 aromatic rings. The van der Waals surface area contributed by atoms with Crippen molar-refractivity contribution in [3.05, 3.63) is 89.7 Å². The zero-order valence-corrected chi connectivity index (χ0v) is 24.2. The minimum absolute atomic E-state index is 0.0709. The number of anilines is 1. The quantitative estimate of drug-likeness (QED) is 0.346. The molecular formula is C30H36FN3O5S. The summed E-state index contributed by atoms with van der Waals surface area (Å²) in [5.41, 5.74) is 1.89. The lowest BCUT2D eigenvalue weighted by molar-refractivity contribution is -0.139. The molecule has 0 fully saturated rings. The Morgan fingerprint density at radius 3 is 2.20 bits per heavy atom. The highest BCUT2D eigenvalue weighted by Crippen LogP contribution is 2.26. The first kappa shape index (κ1) is 30.6. The fourth-order valence-corrected chi connectivity index (χ4v) is 5.47. The summed E-state index contributed by atoms with van der Waals surface area (Å²) >= 11 is 0. The highest BCUT2D eigenvalue weighted by molar-refractivity contribution is 7.92. The number of nitrogens with zero attached hydrogens (tertiary/aromatic N) is 2. The summed E-state index contributed by atoms with van der Waals surface area (Å²) in [5, 5.41) is 2.85. The van der Waals surface area contributed by atoms with Gasteiger partial charge < -0.3 is 15.0 Å². The van der Waals surface area contributed by atoms with Gasteiger partial charge in [-0.3, -0.25) is 13.9 Å². The molecule has 2 amide bonds. The molecule has 40 heavy (non-hydrogen) atoms. The number of carbonyl (C=O) groups excluding carboxylic acids is 2. The molecule has 0 bridgehead atoms. The van der Waals surface area contributed by atoms with Crippen molar-refractivity contribution in [2.24, 2.45) is 5.92 Å². The monoisotopic (exact) mass is 569 g/mol. The van der Waals surface area contributed by atoms with Crippen LogP contribution in [0.1, 0.15) is 31.9 Å². The van der Waals surface area contributed by atoms with Crippen molar-refractivity contribution >= 4 is 27.5 Å². The maximum atomic E-state index is 13.9. The number of benzene rings is 3. The summed E-state index contributed by atoms with van der Waals surface area (Å²) < 4.78 is 47.4. The van der Waals surface area contributed by atoms with E-state index in [2.05, 4.69) is 5.32 Å². The molecule has 0 aliphatic heterocycles. The smallest absolute Gasteiger partial charge is 0.264 e. The molecule has 0 spiro atoms. The van der Waals surface area contributed by atoms with Crippen molar-refractivity contribution in [3.63, 3.8) is 0 Å². The van der Waals surface area contributed by atoms with Crippen LogP contribution in [0.15, 0.2) is 77.7 Å². The summed E-state index contributed by atoms with van der Waals surface area (Å²) in [5.74, 6) is -0.806. The number of hydrogen-bond acceptors (Lipinski definition) is 5. The first-order chi connectivity index (χ1) is 18.9. The second-order valence-corrected chi connectivity index (χ2v) is 11.9. The van der Waals surface area contributed by atoms with Gasteiger partial charge in [-0.25, -0.2) is 12.8 Å². The van der Waals surface area contributed by atoms with Crippen molar-refractivity contribution < 1.29 is 27.1 Å². The van der Waals surface area contributed by atoms with E-state index in [0.29, 0.717) is 12.3 Å². The van der Waals surface area contributed by atoms with E-state index in [0.717, 1.165) is 27.6 Å². The molecule has 1 unspecified atom stereocenters. The number of carbonyl (C=O) groups is 2. The van der Waals surface area contributed by atoms with Gasteiger partial charge in [-0.2, -0.15) is 0 Å². The number of aryl methyl sites for hydroxylation is 1. The first-order valence-corrected chi connectivity index (χ1v) is 14.4. The molecule has 3 aromatic carbocycles. The van der Waals surface area contributed by atoms with Crippen molar-refractivity contribution in [1.29, 1.82) is 0 Å². The van der Waals surface area contributed by atoms with Gasteiger partial charge >= 0.3 is 0 Å². The molecule has 1 atom stereocenters. The number of nitrogens with one attached hydrogen (secondary N) is 1. The standard InChI is InChI=1S/C30H36FN3O5S/c1-21(2)18-32-30(36)23(4)33(19-24-8-6-7-22(3)17-24)29(35)20-34(26-11-9-25(31)10-12-26)40(37,38)28-15-13-27(39-5)14-16-28/h6-17,21,23H,18-20H2,1-5H3,(H,32,36). The molecule has 0 aliphatic carbocycles. The van der Waals surface area contributed by atoms with Crippen molar-refractivity contribution in [2.75, 3.05) is 24.5 Å². The van der Waals surface area contributed by atoms with E-state index in [1.807, 2.05) is 45.0 Å². The Hall–Kier alpha value is -3.92. The van der Waals surface area contributed by atoms with Crippen LogP contribution in [-0.4, -0.2) is 51.4 Å². The Morgan fingerprint density at radius 1 is 0.975 bits per heavy atom. The van der Waals surface area contributed by atoms with Crippen LogP contribution in [0.5, 0.6) is 5.75 Å². The summed E-state index contributed by atoms with van der Waals surface area (Å²) in [4.78, 5) is 28.2. The molecule has 10 heteroatoms. The van der Waals surface area contributed by atoms with Crippen molar-refractivity contribution in [2.45, 2.75) is 45.2 Å². The average Bonchev–Trinajstić information content (AvgIpc) is 2.93. The predicted molar refractivity (Wildman–Crippen MR) is 153 cm³/mol. The van der Waals surface area contributed by atoms with Crippen LogP contribution in [0.3, 0.4) is 0 Å². The van der Waals surface area contributed by atoms with Gasteiger partial charge in [0, 0.05) is 13.1 Å². The van der Waals surface area contributed by atoms with E-state index in [9.17, 15) is 22.4 Å². The molecule has 8 nitrogen and oxygen atoms in total. The lowest BCUT2D eigenvalue weighted by Crippen LogP contribution is -2.51. The zero-order chi connectivity index (χ0) is 29.4. The number of amides is 2. The fraction of sp³-hybridized carbons (Fsp3) is 0.333. The third kappa shape index (κ3) is 7.81. The molecule has 214 valence electrons. The fourth-order valence-electron chi connectivity index (χ4n) is 4.05. The highest BCUT2D eigenvalue weighted by atomic mass is 32.2. The zero-order valence-electron chi connectivity index (χ0n) is 23.4. The molecule has 1 N–H and O–H groups in total. The van der Waals surface area contributed by atoms with Crippen LogP contribution in [0, 0.1) is 18.7 Å². The summed E-state index contributed by atoms with van der Waals surface area (Å²) in [7, 11) is -2.79. The van der Waals surface area contributed by atoms with Crippen LogP contribution in [0.4, 0.5) is 10.1 Å². The summed E-state index contributed by atoms with van der Waals surface area (Å²) in [6, 6.07) is 17.3. The van der Waals surface area contributed by atoms with Crippen molar-refractivity contribution in [1.82, 2.24) is 10.2 Å². The Kier molecular flexibility index (Phi) is 10.3. The van der Waals surface area contributed by atoms with Crippen LogP contribution in [-0.2, 0) is 26.2 Å². The molecule has 3 rings (SSSR count). The van der Waals surface area contributed by atoms with Gasteiger partial charge in [0.05, 0.1) is 17.7 Å². The maximum Gasteiger partial charge on any atom is 0.264 e. The Bertz CT molecular complexity index is 1410. The van der Waals surface area contributed by atoms with Crippen LogP contribution < -0.4 is 14.4 Å². The van der Waals surface area contributed by atoms with Gasteiger partial charge in [-0.15, -0.1) is 0 Å². The molecule has 0 saturated carbocycles. The minimum Gasteiger partial charge on any atom is -0.497 e. The van der Waals surface area contributed by atoms with Gasteiger partial charge in [0.15, 0.2) is 0 Å². The minimum atomic E-state index is -4.26. The van der Waals surface area contributed by atoms with E-state index in [-0.39, 0.29) is 29.0 Å². The predicted octanol–water partition coefficient (Wildman–Crippen LogP) is 4.53. The lowest BCUT2D eigenvalue weighted by Gasteiger charge is -2.32. The van der Waals surface area contributed by atoms with E-state index >= 15 is 0 Å². The third-order valence-corrected chi connectivity index (χ3v) is 8.12. The molecule has 0 saturated heterocycles. The van der Waals surface area contributed by atoms with Gasteiger partial charge in [-0.05, 0) is 73.9 Å². The molecule has 0 radical (unpaired) electrons. The second-order valence-electron chi connectivity index (χ2n) is 9.99. The maximum absolute atomic E-state index is 13.9. The highest BCUT2D eigenvalue weighted by Gasteiger charge is 2.32. The second kappa shape index (κ2) is 13.4. The molecule has 0 aliphatic rings. The van der Waals surface area contributed by atoms with E-state index in [1.54, 1.807) is 6.92 Å². The topological polar surface area (TPSA) is 96.0 Å². The van der Waals surface area contributed by atoms with Gasteiger partial charge in [0.2, 0.25) is 11.8 Å². The van der Waals surface area contributed by atoms with Gasteiger partial charge in [0.1, 0.15) is 24.2 Å². The van der Waals surface area contributed by atoms with Gasteiger partial charge in [0.25, 0.3) is 10.0 Å². The molecule has 0 heterocycles. The summed E-state index contributed by atoms with van der Waals surface area (Å²) in [6.45, 7) is 7.39. The van der Waals surface area contributed by atoms with Crippen LogP contribution in [0.25, 0.3) is 0 Å². The number of sulfonamides is 1. The van der Waals surface area contributed by atoms with Crippen molar-refractivity contribution in [3.8, 4) is 5.75 Å². The third-order valence-electron chi connectivity index (χ3n) is 6.33. The molecule has 0 aromatic heterocycles. The average molecular weight is 570 g/mol. The SMILES string of the molecule is COc1ccc(S(=O)(=O)N(CC(=O)N(Cc2cccc(C)c2)C(C)C(=O)NCC(C)C)c2ccc(F)cc2)cc1. The van der Waals surface area contributed by atoms with E-state index in [4.69, 9.17) is 4.74 Å². The molecular weight excluding hydrogens is 533 g/mol. The van der Waals surface area contributed by atoms with Crippen LogP contribution in [0.2, 0.25) is 0 Å². The lowest BCUT2D eigenvalue weighted by atomic mass is 10.1. The van der Waals surface area contributed by atoms with E-state index < -0.39 is 34.3 Å².